The van der Waals surface area contributed by atoms with Crippen LogP contribution in [0.4, 0.5) is 26.0 Å². The predicted molar refractivity (Wildman–Crippen MR) is 165 cm³/mol. The maximum Gasteiger partial charge on any atom is 0.263 e. The van der Waals surface area contributed by atoms with Crippen LogP contribution in [-0.2, 0) is 15.4 Å². The molecule has 15 heteroatoms. The van der Waals surface area contributed by atoms with Crippen molar-refractivity contribution >= 4 is 72.5 Å². The fraction of sp³-hybridized carbons (Fsp3) is 0.100. The Balaban J connectivity index is 1.27. The van der Waals surface area contributed by atoms with Crippen molar-refractivity contribution in [2.45, 2.75) is 23.2 Å². The molecule has 3 aromatic carbocycles. The molecule has 0 radical (unpaired) electrons. The monoisotopic (exact) mass is 662 g/mol. The van der Waals surface area contributed by atoms with Crippen molar-refractivity contribution in [2.24, 2.45) is 0 Å². The number of anilines is 3. The van der Waals surface area contributed by atoms with E-state index in [1.54, 1.807) is 23.0 Å². The van der Waals surface area contributed by atoms with Gasteiger partial charge in [-0.25, -0.2) is 37.1 Å². The lowest BCUT2D eigenvalue weighted by atomic mass is 9.96. The molecule has 0 bridgehead atoms. The Bertz CT molecular complexity index is 2340. The predicted octanol–water partition coefficient (Wildman–Crippen LogP) is 7.05. The quantitative estimate of drug-likeness (QED) is 0.185. The number of nitrogens with one attached hydrogen (secondary N) is 2. The van der Waals surface area contributed by atoms with Crippen LogP contribution in [0, 0.1) is 23.0 Å². The van der Waals surface area contributed by atoms with Crippen LogP contribution in [0.1, 0.15) is 18.4 Å². The number of halogens is 4. The maximum atomic E-state index is 15.7. The third kappa shape index (κ3) is 4.87. The molecule has 0 amide bonds. The molecule has 45 heavy (non-hydrogen) atoms. The minimum atomic E-state index is -4.41. The Kier molecular flexibility index (Phi) is 6.81. The first kappa shape index (κ1) is 28.8. The summed E-state index contributed by atoms with van der Waals surface area (Å²) >= 11 is 12.0. The lowest BCUT2D eigenvalue weighted by molar-refractivity contribution is 0.588. The third-order valence-electron chi connectivity index (χ3n) is 7.55. The molecule has 0 atom stereocenters. The van der Waals surface area contributed by atoms with Crippen molar-refractivity contribution in [3.63, 3.8) is 0 Å². The first-order chi connectivity index (χ1) is 21.6. The Hall–Kier alpha value is -4.90. The number of pyridine rings is 1. The second-order valence-corrected chi connectivity index (χ2v) is 12.7. The van der Waals surface area contributed by atoms with Gasteiger partial charge in [-0.1, -0.05) is 41.4 Å². The first-order valence-corrected chi connectivity index (χ1v) is 15.6. The SMILES string of the molecule is N#CC1(c2cccc3c2ncn3-c2ccc3ncnc(Nc4c(F)ccc(NS(=O)(=O)c5cccc(Cl)c5Cl)c4F)c3n2)CC1. The van der Waals surface area contributed by atoms with Crippen molar-refractivity contribution in [1.29, 1.82) is 5.26 Å². The Labute approximate surface area is 264 Å². The lowest BCUT2D eigenvalue weighted by Gasteiger charge is -2.15. The van der Waals surface area contributed by atoms with E-state index in [9.17, 15) is 13.7 Å². The molecule has 3 aromatic heterocycles. The van der Waals surface area contributed by atoms with Gasteiger partial charge in [0.2, 0.25) is 0 Å². The molecular formula is C30H18Cl2F2N8O2S. The van der Waals surface area contributed by atoms with Gasteiger partial charge in [0.15, 0.2) is 11.6 Å². The fourth-order valence-corrected chi connectivity index (χ4v) is 6.91. The van der Waals surface area contributed by atoms with Crippen molar-refractivity contribution < 1.29 is 17.2 Å². The average molecular weight is 663 g/mol. The number of para-hydroxylation sites is 1. The van der Waals surface area contributed by atoms with Gasteiger partial charge in [0, 0.05) is 5.56 Å². The van der Waals surface area contributed by atoms with E-state index in [1.165, 1.54) is 24.5 Å². The minimum Gasteiger partial charge on any atom is -0.333 e. The summed E-state index contributed by atoms with van der Waals surface area (Å²) < 4.78 is 60.6. The summed E-state index contributed by atoms with van der Waals surface area (Å²) in [5.74, 6) is -1.87. The number of benzene rings is 3. The van der Waals surface area contributed by atoms with Crippen LogP contribution in [0.2, 0.25) is 10.0 Å². The number of fused-ring (bicyclic) bond motifs is 2. The molecule has 0 unspecified atom stereocenters. The minimum absolute atomic E-state index is 0.0119. The number of hydrogen-bond donors (Lipinski definition) is 2. The van der Waals surface area contributed by atoms with Gasteiger partial charge in [0.25, 0.3) is 10.0 Å². The molecule has 1 aliphatic carbocycles. The molecule has 7 rings (SSSR count). The first-order valence-electron chi connectivity index (χ1n) is 13.3. The highest BCUT2D eigenvalue weighted by atomic mass is 35.5. The number of nitrogens with zero attached hydrogens (tertiary/aromatic N) is 6. The summed E-state index contributed by atoms with van der Waals surface area (Å²) in [7, 11) is -4.41. The van der Waals surface area contributed by atoms with Gasteiger partial charge in [0.1, 0.15) is 40.4 Å². The fourth-order valence-electron chi connectivity index (χ4n) is 5.09. The topological polar surface area (TPSA) is 138 Å². The molecule has 0 spiro atoms. The largest absolute Gasteiger partial charge is 0.333 e. The molecule has 3 heterocycles. The van der Waals surface area contributed by atoms with Crippen LogP contribution in [-0.4, -0.2) is 32.9 Å². The van der Waals surface area contributed by atoms with E-state index in [1.807, 2.05) is 18.2 Å². The maximum absolute atomic E-state index is 15.7. The molecule has 2 N–H and O–H groups in total. The summed E-state index contributed by atoms with van der Waals surface area (Å²) in [4.78, 5) is 17.2. The van der Waals surface area contributed by atoms with Crippen LogP contribution >= 0.6 is 23.2 Å². The summed E-state index contributed by atoms with van der Waals surface area (Å²) in [5, 5.41) is 12.1. The van der Waals surface area contributed by atoms with Crippen LogP contribution in [0.25, 0.3) is 27.9 Å². The zero-order valence-electron chi connectivity index (χ0n) is 22.8. The molecule has 1 saturated carbocycles. The summed E-state index contributed by atoms with van der Waals surface area (Å²) in [6.07, 6.45) is 4.32. The second kappa shape index (κ2) is 10.6. The molecule has 0 saturated heterocycles. The van der Waals surface area contributed by atoms with Gasteiger partial charge in [-0.2, -0.15) is 5.26 Å². The van der Waals surface area contributed by atoms with Crippen LogP contribution in [0.15, 0.2) is 78.2 Å². The van der Waals surface area contributed by atoms with Crippen molar-refractivity contribution in [3.8, 4) is 11.9 Å². The summed E-state index contributed by atoms with van der Waals surface area (Å²) in [6.45, 7) is 0. The number of nitriles is 1. The molecular weight excluding hydrogens is 645 g/mol. The lowest BCUT2D eigenvalue weighted by Crippen LogP contribution is -2.15. The number of imidazole rings is 1. The van der Waals surface area contributed by atoms with Crippen LogP contribution < -0.4 is 10.0 Å². The van der Waals surface area contributed by atoms with E-state index in [-0.39, 0.29) is 26.3 Å². The highest BCUT2D eigenvalue weighted by molar-refractivity contribution is 7.92. The van der Waals surface area contributed by atoms with E-state index in [0.29, 0.717) is 16.9 Å². The van der Waals surface area contributed by atoms with Gasteiger partial charge in [-0.05, 0) is 55.3 Å². The van der Waals surface area contributed by atoms with Gasteiger partial charge in [-0.15, -0.1) is 0 Å². The molecule has 0 aliphatic heterocycles. The highest BCUT2D eigenvalue weighted by Crippen LogP contribution is 2.49. The Morgan fingerprint density at radius 1 is 0.956 bits per heavy atom. The van der Waals surface area contributed by atoms with E-state index in [2.05, 4.69) is 36.0 Å². The van der Waals surface area contributed by atoms with Crippen molar-refractivity contribution in [2.75, 3.05) is 10.0 Å². The summed E-state index contributed by atoms with van der Waals surface area (Å²) in [6, 6.07) is 17.2. The standard InChI is InChI=1S/C30H18Cl2F2N8O2S/c31-17-4-2-6-22(24(17)32)45(43,44)41-19-8-7-18(33)27(25(19)34)40-29-28-20(36-14-37-29)9-10-23(39-28)42-15-38-26-16(3-1-5-21(26)42)30(13-35)11-12-30/h1-10,14-15,41H,11-12H2,(H,36,37,40). The van der Waals surface area contributed by atoms with Gasteiger partial charge in [0.05, 0.1) is 43.8 Å². The van der Waals surface area contributed by atoms with E-state index in [4.69, 9.17) is 23.2 Å². The number of aromatic nitrogens is 5. The normalized spacial score (nSPS) is 13.9. The number of sulfonamides is 1. The third-order valence-corrected chi connectivity index (χ3v) is 9.89. The highest BCUT2D eigenvalue weighted by Gasteiger charge is 2.46. The summed E-state index contributed by atoms with van der Waals surface area (Å²) in [5.41, 5.74) is 1.05. The second-order valence-electron chi connectivity index (χ2n) is 10.3. The Morgan fingerprint density at radius 3 is 2.53 bits per heavy atom. The van der Waals surface area contributed by atoms with E-state index in [0.717, 1.165) is 36.1 Å². The smallest absolute Gasteiger partial charge is 0.263 e. The van der Waals surface area contributed by atoms with Crippen molar-refractivity contribution in [1.82, 2.24) is 24.5 Å². The van der Waals surface area contributed by atoms with Crippen LogP contribution in [0.3, 0.4) is 0 Å². The number of hydrogen-bond acceptors (Lipinski definition) is 8. The zero-order chi connectivity index (χ0) is 31.5. The zero-order valence-corrected chi connectivity index (χ0v) is 25.1. The number of rotatable bonds is 7. The molecule has 10 nitrogen and oxygen atoms in total. The Morgan fingerprint density at radius 2 is 1.76 bits per heavy atom. The van der Waals surface area contributed by atoms with Gasteiger partial charge >= 0.3 is 0 Å². The van der Waals surface area contributed by atoms with Crippen molar-refractivity contribution in [3.05, 3.63) is 101 Å². The molecule has 1 fully saturated rings. The van der Waals surface area contributed by atoms with Crippen LogP contribution in [0.5, 0.6) is 0 Å². The van der Waals surface area contributed by atoms with E-state index < -0.39 is 38.4 Å². The molecule has 1 aliphatic rings. The average Bonchev–Trinajstić information content (AvgIpc) is 3.72. The molecule has 224 valence electrons. The van der Waals surface area contributed by atoms with E-state index >= 15 is 8.78 Å². The molecule has 6 aromatic rings. The van der Waals surface area contributed by atoms with Gasteiger partial charge < -0.3 is 5.32 Å². The van der Waals surface area contributed by atoms with Gasteiger partial charge in [-0.3, -0.25) is 9.29 Å².